The van der Waals surface area contributed by atoms with Crippen LogP contribution >= 0.6 is 7.60 Å². The van der Waals surface area contributed by atoms with Crippen LogP contribution in [-0.4, -0.2) is 37.6 Å². The van der Waals surface area contributed by atoms with Crippen molar-refractivity contribution < 1.29 is 18.4 Å². The molecule has 3 aromatic rings. The van der Waals surface area contributed by atoms with E-state index in [2.05, 4.69) is 41.6 Å². The van der Waals surface area contributed by atoms with Gasteiger partial charge in [-0.1, -0.05) is 49.4 Å². The maximum Gasteiger partial charge on any atom is 0.361 e. The lowest BCUT2D eigenvalue weighted by Crippen LogP contribution is -2.18. The quantitative estimate of drug-likeness (QED) is 0.209. The summed E-state index contributed by atoms with van der Waals surface area (Å²) in [7, 11) is -1.41. The Balaban J connectivity index is 1.77. The van der Waals surface area contributed by atoms with Gasteiger partial charge in [-0.3, -0.25) is 9.36 Å². The van der Waals surface area contributed by atoms with Gasteiger partial charge in [0.25, 0.3) is 5.91 Å². The second kappa shape index (κ2) is 12.5. The van der Waals surface area contributed by atoms with E-state index >= 15 is 0 Å². The Morgan fingerprint density at radius 2 is 1.63 bits per heavy atom. The smallest absolute Gasteiger partial charge is 0.354 e. The largest absolute Gasteiger partial charge is 0.361 e. The monoisotopic (exact) mass is 533 g/mol. The number of anilines is 2. The zero-order valence-corrected chi connectivity index (χ0v) is 23.4. The molecule has 1 aliphatic heterocycles. The maximum absolute atomic E-state index is 13.5. The molecule has 7 nitrogen and oxygen atoms in total. The van der Waals surface area contributed by atoms with E-state index in [9.17, 15) is 9.36 Å². The van der Waals surface area contributed by atoms with Crippen molar-refractivity contribution in [2.24, 2.45) is 0 Å². The number of nitrogens with zero attached hydrogens (tertiary/aromatic N) is 1. The van der Waals surface area contributed by atoms with Crippen LogP contribution in [0.1, 0.15) is 43.9 Å². The van der Waals surface area contributed by atoms with Gasteiger partial charge in [0.05, 0.1) is 29.8 Å². The number of hydrogen-bond acceptors (Lipinski definition) is 6. The molecule has 0 unspecified atom stereocenters. The topological polar surface area (TPSA) is 79.9 Å². The zero-order valence-electron chi connectivity index (χ0n) is 22.5. The van der Waals surface area contributed by atoms with Gasteiger partial charge in [0.15, 0.2) is 0 Å². The first-order chi connectivity index (χ1) is 18.4. The van der Waals surface area contributed by atoms with Gasteiger partial charge in [-0.05, 0) is 75.3 Å². The zero-order chi connectivity index (χ0) is 27.1. The van der Waals surface area contributed by atoms with Crippen molar-refractivity contribution in [2.45, 2.75) is 33.7 Å². The summed E-state index contributed by atoms with van der Waals surface area (Å²) in [6.07, 6.45) is 1.11. The minimum absolute atomic E-state index is 0.232. The summed E-state index contributed by atoms with van der Waals surface area (Å²) in [5, 5.41) is 6.87. The highest BCUT2D eigenvalue weighted by Crippen LogP contribution is 2.48. The molecular weight excluding hydrogens is 497 g/mol. The number of carbonyl (C=O) groups excluding carboxylic acids is 1. The fourth-order valence-electron chi connectivity index (χ4n) is 4.59. The van der Waals surface area contributed by atoms with Crippen LogP contribution in [0, 0.1) is 0 Å². The molecule has 1 heterocycles. The highest BCUT2D eigenvalue weighted by molar-refractivity contribution is 7.62. The molecule has 1 amide bonds. The number of fused-ring (bicyclic) bond motifs is 1. The highest BCUT2D eigenvalue weighted by Gasteiger charge is 2.33. The van der Waals surface area contributed by atoms with Gasteiger partial charge in [0, 0.05) is 23.5 Å². The van der Waals surface area contributed by atoms with Crippen LogP contribution in [0.25, 0.3) is 11.3 Å². The Bertz CT molecular complexity index is 1330. The number of amides is 1. The molecule has 0 fully saturated rings. The molecule has 0 saturated carbocycles. The van der Waals surface area contributed by atoms with Crippen LogP contribution in [0.15, 0.2) is 72.8 Å². The summed E-state index contributed by atoms with van der Waals surface area (Å²) < 4.78 is 24.6. The molecule has 200 valence electrons. The maximum atomic E-state index is 13.5. The molecule has 3 aromatic carbocycles. The second-order valence-electron chi connectivity index (χ2n) is 9.19. The van der Waals surface area contributed by atoms with Gasteiger partial charge in [-0.15, -0.1) is 0 Å². The predicted octanol–water partition coefficient (Wildman–Crippen LogP) is 6.35. The van der Waals surface area contributed by atoms with E-state index < -0.39 is 7.60 Å². The van der Waals surface area contributed by atoms with Crippen LogP contribution in [0.5, 0.6) is 0 Å². The molecule has 8 heteroatoms. The molecular formula is C30H36N3O4P. The van der Waals surface area contributed by atoms with Crippen molar-refractivity contribution in [3.63, 3.8) is 0 Å². The molecule has 0 aromatic heterocycles. The van der Waals surface area contributed by atoms with Crippen LogP contribution in [0.4, 0.5) is 11.4 Å². The number of benzene rings is 3. The molecule has 2 N–H and O–H groups in total. The lowest BCUT2D eigenvalue weighted by atomic mass is 10.00. The van der Waals surface area contributed by atoms with E-state index in [1.165, 1.54) is 5.56 Å². The van der Waals surface area contributed by atoms with Gasteiger partial charge in [0.2, 0.25) is 0 Å². The van der Waals surface area contributed by atoms with E-state index in [0.29, 0.717) is 27.8 Å². The Morgan fingerprint density at radius 3 is 2.26 bits per heavy atom. The van der Waals surface area contributed by atoms with Crippen molar-refractivity contribution in [1.29, 1.82) is 0 Å². The van der Waals surface area contributed by atoms with Gasteiger partial charge >= 0.3 is 7.60 Å². The van der Waals surface area contributed by atoms with E-state index in [0.717, 1.165) is 30.8 Å². The van der Waals surface area contributed by atoms with Crippen molar-refractivity contribution >= 4 is 41.5 Å². The van der Waals surface area contributed by atoms with Crippen molar-refractivity contribution in [1.82, 2.24) is 4.90 Å². The highest BCUT2D eigenvalue weighted by atomic mass is 31.2. The number of nitrogens with one attached hydrogen (secondary N) is 2. The van der Waals surface area contributed by atoms with Gasteiger partial charge < -0.3 is 24.6 Å². The molecule has 0 saturated heterocycles. The average Bonchev–Trinajstić information content (AvgIpc) is 3.24. The Labute approximate surface area is 225 Å². The van der Waals surface area contributed by atoms with Crippen LogP contribution in [0.3, 0.4) is 0 Å². The van der Waals surface area contributed by atoms with Crippen LogP contribution < -0.4 is 15.9 Å². The lowest BCUT2D eigenvalue weighted by Gasteiger charge is -2.19. The molecule has 0 aliphatic carbocycles. The Morgan fingerprint density at radius 1 is 0.947 bits per heavy atom. The van der Waals surface area contributed by atoms with Gasteiger partial charge in [-0.2, -0.15) is 0 Å². The SMILES string of the molecule is CCCN(C)Cc1ccc(N/C(=C2\C(=O)Nc3ccc(P(=O)(OCC)OCC)cc32)c2ccccc2)cc1. The Kier molecular flexibility index (Phi) is 9.18. The fraction of sp³-hybridized carbons (Fsp3) is 0.300. The molecule has 0 atom stereocenters. The van der Waals surface area contributed by atoms with Crippen LogP contribution in [-0.2, 0) is 25.0 Å². The molecule has 0 bridgehead atoms. The molecule has 38 heavy (non-hydrogen) atoms. The van der Waals surface area contributed by atoms with E-state index in [-0.39, 0.29) is 19.1 Å². The number of carbonyl (C=O) groups is 1. The van der Waals surface area contributed by atoms with E-state index in [1.54, 1.807) is 32.0 Å². The summed E-state index contributed by atoms with van der Waals surface area (Å²) in [6.45, 7) is 8.14. The summed E-state index contributed by atoms with van der Waals surface area (Å²) in [6, 6.07) is 23.2. The van der Waals surface area contributed by atoms with Crippen molar-refractivity contribution in [2.75, 3.05) is 37.4 Å². The molecule has 4 rings (SSSR count). The third kappa shape index (κ3) is 6.25. The minimum atomic E-state index is -3.53. The van der Waals surface area contributed by atoms with Crippen molar-refractivity contribution in [3.05, 3.63) is 89.5 Å². The summed E-state index contributed by atoms with van der Waals surface area (Å²) in [4.78, 5) is 15.6. The lowest BCUT2D eigenvalue weighted by molar-refractivity contribution is -0.110. The normalized spacial score (nSPS) is 14.4. The molecule has 0 spiro atoms. The Hall–Kier alpha value is -3.22. The second-order valence-corrected chi connectivity index (χ2v) is 11.2. The third-order valence-electron chi connectivity index (χ3n) is 6.26. The van der Waals surface area contributed by atoms with Crippen LogP contribution in [0.2, 0.25) is 0 Å². The number of rotatable bonds is 12. The summed E-state index contributed by atoms with van der Waals surface area (Å²) in [5.74, 6) is -0.232. The standard InChI is InChI=1S/C30H36N3O4P/c1-5-19-33(4)21-22-13-15-24(16-14-22)31-29(23-11-9-8-10-12-23)28-26-20-25(17-18-27(26)32-30(28)34)38(35,36-6-2)37-7-3/h8-18,20,31H,5-7,19,21H2,1-4H3,(H,32,34)/b29-28-. The van der Waals surface area contributed by atoms with Gasteiger partial charge in [-0.25, -0.2) is 0 Å². The first kappa shape index (κ1) is 27.8. The minimum Gasteiger partial charge on any atom is -0.354 e. The third-order valence-corrected chi connectivity index (χ3v) is 8.36. The van der Waals surface area contributed by atoms with Crippen molar-refractivity contribution in [3.8, 4) is 0 Å². The summed E-state index contributed by atoms with van der Waals surface area (Å²) in [5.41, 5.74) is 5.38. The van der Waals surface area contributed by atoms with E-state index in [4.69, 9.17) is 9.05 Å². The van der Waals surface area contributed by atoms with E-state index in [1.807, 2.05) is 42.5 Å². The number of hydrogen-bond donors (Lipinski definition) is 2. The molecule has 1 aliphatic rings. The average molecular weight is 534 g/mol. The fourth-order valence-corrected chi connectivity index (χ4v) is 6.19. The first-order valence-electron chi connectivity index (χ1n) is 13.1. The van der Waals surface area contributed by atoms with Gasteiger partial charge in [0.1, 0.15) is 0 Å². The first-order valence-corrected chi connectivity index (χ1v) is 14.6. The summed E-state index contributed by atoms with van der Waals surface area (Å²) >= 11 is 0. The predicted molar refractivity (Wildman–Crippen MR) is 156 cm³/mol. The molecule has 0 radical (unpaired) electrons.